The highest BCUT2D eigenvalue weighted by molar-refractivity contribution is 7.09. The highest BCUT2D eigenvalue weighted by Crippen LogP contribution is 2.22. The lowest BCUT2D eigenvalue weighted by molar-refractivity contribution is 1.03. The lowest BCUT2D eigenvalue weighted by Crippen LogP contribution is -2.05. The van der Waals surface area contributed by atoms with E-state index < -0.39 is 0 Å². The van der Waals surface area contributed by atoms with Gasteiger partial charge in [0, 0.05) is 17.6 Å². The smallest absolute Gasteiger partial charge is 0.144 e. The van der Waals surface area contributed by atoms with Gasteiger partial charge in [-0.2, -0.15) is 0 Å². The molecule has 16 heavy (non-hydrogen) atoms. The molecular formula is C11H10Cl2N2S. The molecule has 0 aromatic carbocycles. The number of hydrogen-bond acceptors (Lipinski definition) is 3. The van der Waals surface area contributed by atoms with E-state index >= 15 is 0 Å². The summed E-state index contributed by atoms with van der Waals surface area (Å²) in [7, 11) is 0. The van der Waals surface area contributed by atoms with Crippen molar-refractivity contribution in [2.75, 3.05) is 11.9 Å². The quantitative estimate of drug-likeness (QED) is 0.907. The van der Waals surface area contributed by atoms with Crippen LogP contribution in [0.3, 0.4) is 0 Å². The van der Waals surface area contributed by atoms with Gasteiger partial charge in [-0.25, -0.2) is 4.98 Å². The first-order valence-corrected chi connectivity index (χ1v) is 6.46. The Morgan fingerprint density at radius 3 is 2.94 bits per heavy atom. The van der Waals surface area contributed by atoms with Crippen molar-refractivity contribution in [3.05, 3.63) is 44.7 Å². The van der Waals surface area contributed by atoms with Crippen molar-refractivity contribution in [2.45, 2.75) is 6.42 Å². The minimum Gasteiger partial charge on any atom is -0.368 e. The van der Waals surface area contributed by atoms with Crippen molar-refractivity contribution in [2.24, 2.45) is 0 Å². The van der Waals surface area contributed by atoms with Crippen molar-refractivity contribution in [3.8, 4) is 0 Å². The molecule has 1 N–H and O–H groups in total. The van der Waals surface area contributed by atoms with Crippen molar-refractivity contribution in [1.82, 2.24) is 4.98 Å². The summed E-state index contributed by atoms with van der Waals surface area (Å²) in [6, 6.07) is 5.85. The number of nitrogens with one attached hydrogen (secondary N) is 1. The van der Waals surface area contributed by atoms with E-state index in [1.54, 1.807) is 23.6 Å². The van der Waals surface area contributed by atoms with Gasteiger partial charge in [-0.05, 0) is 23.9 Å². The number of anilines is 1. The van der Waals surface area contributed by atoms with Crippen molar-refractivity contribution < 1.29 is 0 Å². The second-order valence-corrected chi connectivity index (χ2v) is 5.12. The molecule has 0 saturated carbocycles. The van der Waals surface area contributed by atoms with Crippen molar-refractivity contribution in [1.29, 1.82) is 0 Å². The molecule has 2 heterocycles. The molecule has 0 saturated heterocycles. The van der Waals surface area contributed by atoms with Gasteiger partial charge in [-0.15, -0.1) is 11.3 Å². The van der Waals surface area contributed by atoms with Gasteiger partial charge in [0.2, 0.25) is 0 Å². The van der Waals surface area contributed by atoms with Crippen LogP contribution in [0, 0.1) is 0 Å². The first-order valence-electron chi connectivity index (χ1n) is 4.83. The van der Waals surface area contributed by atoms with Crippen LogP contribution < -0.4 is 5.32 Å². The second kappa shape index (κ2) is 5.53. The number of pyridine rings is 1. The highest BCUT2D eigenvalue weighted by atomic mass is 35.5. The van der Waals surface area contributed by atoms with E-state index in [0.717, 1.165) is 13.0 Å². The van der Waals surface area contributed by atoms with E-state index in [9.17, 15) is 0 Å². The van der Waals surface area contributed by atoms with Crippen LogP contribution in [0.2, 0.25) is 10.0 Å². The molecule has 0 amide bonds. The lowest BCUT2D eigenvalue weighted by Gasteiger charge is -2.06. The molecule has 0 fully saturated rings. The van der Waals surface area contributed by atoms with Crippen LogP contribution >= 0.6 is 34.5 Å². The van der Waals surface area contributed by atoms with Crippen LogP contribution in [0.5, 0.6) is 0 Å². The average molecular weight is 273 g/mol. The molecule has 5 heteroatoms. The summed E-state index contributed by atoms with van der Waals surface area (Å²) in [6.07, 6.45) is 2.55. The largest absolute Gasteiger partial charge is 0.368 e. The molecule has 2 rings (SSSR count). The molecule has 0 aliphatic carbocycles. The Kier molecular flexibility index (Phi) is 4.04. The third-order valence-corrected chi connectivity index (χ3v) is 3.48. The average Bonchev–Trinajstić information content (AvgIpc) is 2.74. The minimum atomic E-state index is 0.550. The van der Waals surface area contributed by atoms with Gasteiger partial charge in [0.05, 0.1) is 10.0 Å². The van der Waals surface area contributed by atoms with Gasteiger partial charge >= 0.3 is 0 Å². The lowest BCUT2D eigenvalue weighted by atomic mass is 10.3. The fourth-order valence-corrected chi connectivity index (χ4v) is 2.46. The maximum absolute atomic E-state index is 5.98. The zero-order valence-corrected chi connectivity index (χ0v) is 10.7. The van der Waals surface area contributed by atoms with Gasteiger partial charge in [-0.3, -0.25) is 0 Å². The predicted octanol–water partition coefficient (Wildman–Crippen LogP) is 4.10. The molecule has 2 aromatic heterocycles. The standard InChI is InChI=1S/C11H10Cl2N2S/c12-8-6-10(13)11(15-7-8)14-4-3-9-2-1-5-16-9/h1-2,5-7H,3-4H2,(H,14,15). The Morgan fingerprint density at radius 1 is 1.38 bits per heavy atom. The number of halogens is 2. The van der Waals surface area contributed by atoms with Crippen molar-refractivity contribution >= 4 is 40.4 Å². The van der Waals surface area contributed by atoms with Crippen LogP contribution in [-0.2, 0) is 6.42 Å². The molecule has 0 bridgehead atoms. The first kappa shape index (κ1) is 11.7. The van der Waals surface area contributed by atoms with Crippen LogP contribution in [-0.4, -0.2) is 11.5 Å². The fraction of sp³-hybridized carbons (Fsp3) is 0.182. The normalized spacial score (nSPS) is 10.4. The Morgan fingerprint density at radius 2 is 2.25 bits per heavy atom. The van der Waals surface area contributed by atoms with E-state index in [1.807, 2.05) is 6.07 Å². The van der Waals surface area contributed by atoms with E-state index in [4.69, 9.17) is 23.2 Å². The molecule has 0 atom stereocenters. The fourth-order valence-electron chi connectivity index (χ4n) is 1.30. The van der Waals surface area contributed by atoms with Crippen LogP contribution in [0.25, 0.3) is 0 Å². The Labute approximate surface area is 108 Å². The number of thiophene rings is 1. The minimum absolute atomic E-state index is 0.550. The van der Waals surface area contributed by atoms with E-state index in [1.165, 1.54) is 4.88 Å². The summed E-state index contributed by atoms with van der Waals surface area (Å²) in [4.78, 5) is 5.47. The SMILES string of the molecule is Clc1cnc(NCCc2cccs2)c(Cl)c1. The molecular weight excluding hydrogens is 263 g/mol. The van der Waals surface area contributed by atoms with Crippen molar-refractivity contribution in [3.63, 3.8) is 0 Å². The zero-order valence-electron chi connectivity index (χ0n) is 8.41. The summed E-state index contributed by atoms with van der Waals surface area (Å²) < 4.78 is 0. The van der Waals surface area contributed by atoms with Gasteiger partial charge in [0.1, 0.15) is 5.82 Å². The number of nitrogens with zero attached hydrogens (tertiary/aromatic N) is 1. The summed E-state index contributed by atoms with van der Waals surface area (Å²) in [5.74, 6) is 0.683. The topological polar surface area (TPSA) is 24.9 Å². The zero-order chi connectivity index (χ0) is 11.4. The third kappa shape index (κ3) is 3.11. The first-order chi connectivity index (χ1) is 7.75. The third-order valence-electron chi connectivity index (χ3n) is 2.05. The molecule has 0 radical (unpaired) electrons. The maximum atomic E-state index is 5.98. The van der Waals surface area contributed by atoms with E-state index in [2.05, 4.69) is 21.7 Å². The number of hydrogen-bond donors (Lipinski definition) is 1. The molecule has 0 unspecified atom stereocenters. The van der Waals surface area contributed by atoms with Crippen LogP contribution in [0.4, 0.5) is 5.82 Å². The summed E-state index contributed by atoms with van der Waals surface area (Å²) >= 11 is 13.5. The van der Waals surface area contributed by atoms with Gasteiger partial charge in [-0.1, -0.05) is 29.3 Å². The molecule has 84 valence electrons. The summed E-state index contributed by atoms with van der Waals surface area (Å²) in [5.41, 5.74) is 0. The second-order valence-electron chi connectivity index (χ2n) is 3.24. The molecule has 0 aliphatic rings. The predicted molar refractivity (Wildman–Crippen MR) is 70.8 cm³/mol. The Hall–Kier alpha value is -0.770. The number of rotatable bonds is 4. The summed E-state index contributed by atoms with van der Waals surface area (Å²) in [5, 5.41) is 6.36. The molecule has 0 aliphatic heterocycles. The van der Waals surface area contributed by atoms with E-state index in [0.29, 0.717) is 15.9 Å². The van der Waals surface area contributed by atoms with Crippen LogP contribution in [0.1, 0.15) is 4.88 Å². The molecule has 2 nitrogen and oxygen atoms in total. The highest BCUT2D eigenvalue weighted by Gasteiger charge is 2.02. The van der Waals surface area contributed by atoms with E-state index in [-0.39, 0.29) is 0 Å². The van der Waals surface area contributed by atoms with Gasteiger partial charge in [0.25, 0.3) is 0 Å². The summed E-state index contributed by atoms with van der Waals surface area (Å²) in [6.45, 7) is 0.814. The molecule has 2 aromatic rings. The van der Waals surface area contributed by atoms with Crippen LogP contribution in [0.15, 0.2) is 29.8 Å². The Balaban J connectivity index is 1.90. The van der Waals surface area contributed by atoms with Gasteiger partial charge in [0.15, 0.2) is 0 Å². The number of aromatic nitrogens is 1. The monoisotopic (exact) mass is 272 g/mol. The maximum Gasteiger partial charge on any atom is 0.144 e. The van der Waals surface area contributed by atoms with Gasteiger partial charge < -0.3 is 5.32 Å². The Bertz CT molecular complexity index is 457. The molecule has 0 spiro atoms.